The number of hydrogen-bond donors (Lipinski definition) is 1. The first-order valence-electron chi connectivity index (χ1n) is 8.39. The summed E-state index contributed by atoms with van der Waals surface area (Å²) in [5.74, 6) is -0.108. The molecule has 2 amide bonds. The fourth-order valence-corrected chi connectivity index (χ4v) is 4.07. The maximum Gasteiger partial charge on any atom is 0.255 e. The summed E-state index contributed by atoms with van der Waals surface area (Å²) >= 11 is 0. The molecule has 1 aromatic carbocycles. The normalized spacial score (nSPS) is 22.4. The van der Waals surface area contributed by atoms with Crippen molar-refractivity contribution in [1.82, 2.24) is 9.88 Å². The molecule has 25 heavy (non-hydrogen) atoms. The summed E-state index contributed by atoms with van der Waals surface area (Å²) in [6.07, 6.45) is 2.94. The summed E-state index contributed by atoms with van der Waals surface area (Å²) in [7, 11) is 1.79. The van der Waals surface area contributed by atoms with Crippen molar-refractivity contribution in [3.8, 4) is 0 Å². The van der Waals surface area contributed by atoms with E-state index in [-0.39, 0.29) is 17.4 Å². The van der Waals surface area contributed by atoms with E-state index in [2.05, 4.69) is 4.98 Å². The minimum Gasteiger partial charge on any atom is -0.337 e. The van der Waals surface area contributed by atoms with E-state index in [1.165, 1.54) is 18.3 Å². The largest absolute Gasteiger partial charge is 0.337 e. The van der Waals surface area contributed by atoms with Crippen molar-refractivity contribution in [2.24, 2.45) is 0 Å². The van der Waals surface area contributed by atoms with Crippen molar-refractivity contribution in [3.63, 3.8) is 0 Å². The van der Waals surface area contributed by atoms with E-state index in [9.17, 15) is 14.4 Å². The highest BCUT2D eigenvalue weighted by molar-refractivity contribution is 6.08. The molecule has 6 heteroatoms. The lowest BCUT2D eigenvalue weighted by molar-refractivity contribution is -0.124. The van der Waals surface area contributed by atoms with Crippen LogP contribution in [0.15, 0.2) is 47.4 Å². The number of carbonyl (C=O) groups excluding carboxylic acids is 2. The molecule has 6 nitrogen and oxygen atoms in total. The highest BCUT2D eigenvalue weighted by Gasteiger charge is 2.52. The number of para-hydroxylation sites is 1. The summed E-state index contributed by atoms with van der Waals surface area (Å²) in [4.78, 5) is 43.0. The number of nitrogens with zero attached hydrogens (tertiary/aromatic N) is 2. The number of rotatable bonds is 1. The van der Waals surface area contributed by atoms with Crippen molar-refractivity contribution < 1.29 is 9.59 Å². The fraction of sp³-hybridized carbons (Fsp3) is 0.316. The van der Waals surface area contributed by atoms with Crippen LogP contribution >= 0.6 is 0 Å². The van der Waals surface area contributed by atoms with Gasteiger partial charge in [-0.2, -0.15) is 0 Å². The van der Waals surface area contributed by atoms with Crippen LogP contribution in [0.4, 0.5) is 5.69 Å². The van der Waals surface area contributed by atoms with Crippen LogP contribution in [-0.4, -0.2) is 41.8 Å². The van der Waals surface area contributed by atoms with Gasteiger partial charge in [0, 0.05) is 38.1 Å². The third-order valence-corrected chi connectivity index (χ3v) is 5.31. The van der Waals surface area contributed by atoms with Crippen LogP contribution in [0.2, 0.25) is 0 Å². The van der Waals surface area contributed by atoms with Gasteiger partial charge in [-0.1, -0.05) is 18.2 Å². The van der Waals surface area contributed by atoms with Crippen LogP contribution in [0.5, 0.6) is 0 Å². The molecule has 0 radical (unpaired) electrons. The number of aromatic nitrogens is 1. The first kappa shape index (κ1) is 15.6. The van der Waals surface area contributed by atoms with E-state index in [1.54, 1.807) is 16.8 Å². The first-order valence-corrected chi connectivity index (χ1v) is 8.39. The first-order chi connectivity index (χ1) is 12.0. The molecule has 0 unspecified atom stereocenters. The Bertz CT molecular complexity index is 900. The van der Waals surface area contributed by atoms with E-state index in [0.29, 0.717) is 18.7 Å². The van der Waals surface area contributed by atoms with Gasteiger partial charge in [0.05, 0.1) is 11.0 Å². The SMILES string of the molecule is CN1C(=O)[C@]2(CCCN(C(=O)c3ccc(=O)[nH]c3)C2)c2ccccc21. The zero-order valence-electron chi connectivity index (χ0n) is 14.0. The molecular formula is C19H19N3O3. The molecule has 0 bridgehead atoms. The number of likely N-dealkylation sites (N-methyl/N-ethyl adjacent to an activating group) is 1. The molecule has 1 N–H and O–H groups in total. The molecule has 128 valence electrons. The van der Waals surface area contributed by atoms with Gasteiger partial charge in [0.1, 0.15) is 0 Å². The number of piperidine rings is 1. The number of likely N-dealkylation sites (tertiary alicyclic amines) is 1. The molecule has 1 atom stereocenters. The van der Waals surface area contributed by atoms with Gasteiger partial charge in [0.25, 0.3) is 5.91 Å². The van der Waals surface area contributed by atoms with E-state index >= 15 is 0 Å². The number of pyridine rings is 1. The number of amides is 2. The second kappa shape index (κ2) is 5.58. The van der Waals surface area contributed by atoms with E-state index in [1.807, 2.05) is 24.3 Å². The Morgan fingerprint density at radius 2 is 1.96 bits per heavy atom. The molecule has 2 aliphatic heterocycles. The van der Waals surface area contributed by atoms with Gasteiger partial charge in [-0.15, -0.1) is 0 Å². The topological polar surface area (TPSA) is 73.5 Å². The van der Waals surface area contributed by atoms with Crippen molar-refractivity contribution in [3.05, 3.63) is 64.1 Å². The smallest absolute Gasteiger partial charge is 0.255 e. The van der Waals surface area contributed by atoms with Gasteiger partial charge in [0.15, 0.2) is 0 Å². The molecule has 1 fully saturated rings. The minimum atomic E-state index is -0.665. The van der Waals surface area contributed by atoms with Crippen LogP contribution in [-0.2, 0) is 10.2 Å². The van der Waals surface area contributed by atoms with Gasteiger partial charge >= 0.3 is 0 Å². The lowest BCUT2D eigenvalue weighted by Gasteiger charge is -2.39. The highest BCUT2D eigenvalue weighted by Crippen LogP contribution is 2.46. The Balaban J connectivity index is 1.69. The van der Waals surface area contributed by atoms with Crippen molar-refractivity contribution in [1.29, 1.82) is 0 Å². The van der Waals surface area contributed by atoms with Gasteiger partial charge < -0.3 is 14.8 Å². The van der Waals surface area contributed by atoms with Crippen molar-refractivity contribution in [2.75, 3.05) is 25.0 Å². The Kier molecular flexibility index (Phi) is 3.49. The Labute approximate surface area is 145 Å². The number of nitrogens with one attached hydrogen (secondary N) is 1. The molecular weight excluding hydrogens is 318 g/mol. The molecule has 2 aromatic rings. The number of benzene rings is 1. The summed E-state index contributed by atoms with van der Waals surface area (Å²) < 4.78 is 0. The maximum absolute atomic E-state index is 13.0. The van der Waals surface area contributed by atoms with Crippen LogP contribution in [0.1, 0.15) is 28.8 Å². The molecule has 0 aliphatic carbocycles. The summed E-state index contributed by atoms with van der Waals surface area (Å²) in [6, 6.07) is 10.7. The summed E-state index contributed by atoms with van der Waals surface area (Å²) in [5, 5.41) is 0. The lowest BCUT2D eigenvalue weighted by atomic mass is 9.75. The van der Waals surface area contributed by atoms with Crippen molar-refractivity contribution >= 4 is 17.5 Å². The number of fused-ring (bicyclic) bond motifs is 2. The Morgan fingerprint density at radius 1 is 1.16 bits per heavy atom. The van der Waals surface area contributed by atoms with Crippen LogP contribution < -0.4 is 10.5 Å². The number of anilines is 1. The number of H-pyrrole nitrogens is 1. The molecule has 0 saturated carbocycles. The maximum atomic E-state index is 13.0. The van der Waals surface area contributed by atoms with Gasteiger partial charge in [0.2, 0.25) is 11.5 Å². The van der Waals surface area contributed by atoms with Crippen molar-refractivity contribution in [2.45, 2.75) is 18.3 Å². The number of carbonyl (C=O) groups is 2. The quantitative estimate of drug-likeness (QED) is 0.857. The lowest BCUT2D eigenvalue weighted by Crippen LogP contribution is -2.53. The van der Waals surface area contributed by atoms with Crippen LogP contribution in [0.3, 0.4) is 0 Å². The monoisotopic (exact) mass is 337 g/mol. The molecule has 3 heterocycles. The van der Waals surface area contributed by atoms with Crippen LogP contribution in [0, 0.1) is 0 Å². The zero-order valence-corrected chi connectivity index (χ0v) is 14.0. The molecule has 1 spiro atoms. The number of hydrogen-bond acceptors (Lipinski definition) is 3. The average molecular weight is 337 g/mol. The molecule has 2 aliphatic rings. The summed E-state index contributed by atoms with van der Waals surface area (Å²) in [6.45, 7) is 0.976. The minimum absolute atomic E-state index is 0.0488. The molecule has 4 rings (SSSR count). The zero-order chi connectivity index (χ0) is 17.6. The average Bonchev–Trinajstić information content (AvgIpc) is 2.85. The second-order valence-electron chi connectivity index (χ2n) is 6.74. The molecule has 1 aromatic heterocycles. The van der Waals surface area contributed by atoms with Crippen LogP contribution in [0.25, 0.3) is 0 Å². The third-order valence-electron chi connectivity index (χ3n) is 5.31. The van der Waals surface area contributed by atoms with E-state index in [0.717, 1.165) is 24.1 Å². The van der Waals surface area contributed by atoms with Gasteiger partial charge in [-0.25, -0.2) is 0 Å². The Morgan fingerprint density at radius 3 is 2.72 bits per heavy atom. The third kappa shape index (κ3) is 2.28. The molecule has 1 saturated heterocycles. The standard InChI is InChI=1S/C19H19N3O3/c1-21-15-6-3-2-5-14(15)19(18(21)25)9-4-10-22(12-19)17(24)13-7-8-16(23)20-11-13/h2-3,5-8,11H,4,9-10,12H2,1H3,(H,20,23)/t19-/m0/s1. The van der Waals surface area contributed by atoms with Gasteiger partial charge in [-0.05, 0) is 30.5 Å². The predicted molar refractivity (Wildman–Crippen MR) is 93.7 cm³/mol. The highest BCUT2D eigenvalue weighted by atomic mass is 16.2. The second-order valence-corrected chi connectivity index (χ2v) is 6.74. The predicted octanol–water partition coefficient (Wildman–Crippen LogP) is 1.53. The number of aromatic amines is 1. The van der Waals surface area contributed by atoms with E-state index in [4.69, 9.17) is 0 Å². The Hall–Kier alpha value is -2.89. The fourth-order valence-electron chi connectivity index (χ4n) is 4.07. The van der Waals surface area contributed by atoms with Gasteiger partial charge in [-0.3, -0.25) is 14.4 Å². The summed E-state index contributed by atoms with van der Waals surface area (Å²) in [5.41, 5.74) is 1.45. The van der Waals surface area contributed by atoms with E-state index < -0.39 is 5.41 Å².